The topological polar surface area (TPSA) is 46.2 Å². The highest BCUT2D eigenvalue weighted by molar-refractivity contribution is 7.81. The number of nitrogens with zero attached hydrogens (tertiary/aromatic N) is 1. The number of rotatable bonds is 5. The number of anilines is 2. The van der Waals surface area contributed by atoms with E-state index in [2.05, 4.69) is 50.5 Å². The van der Waals surface area contributed by atoms with Gasteiger partial charge < -0.3 is 15.4 Å². The van der Waals surface area contributed by atoms with Gasteiger partial charge in [0, 0.05) is 16.7 Å². The van der Waals surface area contributed by atoms with Gasteiger partial charge in [0.2, 0.25) is 0 Å². The number of methoxy groups -OCH3 is 1. The molecule has 3 aromatic rings. The molecule has 4 nitrogen and oxygen atoms in total. The minimum Gasteiger partial charge on any atom is -0.497 e. The van der Waals surface area contributed by atoms with Crippen molar-refractivity contribution in [1.29, 1.82) is 0 Å². The van der Waals surface area contributed by atoms with Crippen LogP contribution in [0, 0.1) is 6.92 Å². The van der Waals surface area contributed by atoms with Crippen LogP contribution < -0.4 is 15.4 Å². The number of aryl methyl sites for hydroxylation is 1. The van der Waals surface area contributed by atoms with Crippen molar-refractivity contribution in [1.82, 2.24) is 4.98 Å². The fourth-order valence-corrected chi connectivity index (χ4v) is 4.03. The summed E-state index contributed by atoms with van der Waals surface area (Å²) in [6.45, 7) is 8.43. The van der Waals surface area contributed by atoms with Gasteiger partial charge in [0.05, 0.1) is 7.11 Å². The van der Waals surface area contributed by atoms with Crippen molar-refractivity contribution in [2.45, 2.75) is 33.2 Å². The predicted molar refractivity (Wildman–Crippen MR) is 124 cm³/mol. The first kappa shape index (κ1) is 20.3. The molecule has 1 heterocycles. The summed E-state index contributed by atoms with van der Waals surface area (Å²) in [5.41, 5.74) is 3.06. The Morgan fingerprint density at radius 2 is 1.86 bits per heavy atom. The fourth-order valence-electron chi connectivity index (χ4n) is 2.68. The summed E-state index contributed by atoms with van der Waals surface area (Å²) < 4.78 is 5.35. The van der Waals surface area contributed by atoms with Crippen LogP contribution in [-0.4, -0.2) is 22.6 Å². The van der Waals surface area contributed by atoms with Crippen molar-refractivity contribution in [2.75, 3.05) is 17.7 Å². The summed E-state index contributed by atoms with van der Waals surface area (Å²) in [7, 11) is 1.67. The van der Waals surface area contributed by atoms with Crippen LogP contribution in [0.25, 0.3) is 10.6 Å². The average molecular weight is 412 g/mol. The predicted octanol–water partition coefficient (Wildman–Crippen LogP) is 6.13. The summed E-state index contributed by atoms with van der Waals surface area (Å²) in [5.74, 6) is 1.55. The van der Waals surface area contributed by atoms with E-state index in [1.165, 1.54) is 5.56 Å². The van der Waals surface area contributed by atoms with Gasteiger partial charge in [-0.15, -0.1) is 0 Å². The number of aromatic nitrogens is 1. The molecule has 2 aromatic carbocycles. The van der Waals surface area contributed by atoms with Gasteiger partial charge in [-0.2, -0.15) is 0 Å². The third-order valence-corrected chi connectivity index (χ3v) is 5.30. The molecule has 0 bridgehead atoms. The maximum Gasteiger partial charge on any atom is 0.166 e. The summed E-state index contributed by atoms with van der Waals surface area (Å²) in [4.78, 5) is 5.49. The number of thiocarbonyl (C=S) groups is 1. The Labute approximate surface area is 176 Å². The Bertz CT molecular complexity index is 989. The Hall–Kier alpha value is -2.44. The molecule has 0 aliphatic rings. The van der Waals surface area contributed by atoms with Crippen LogP contribution in [0.5, 0.6) is 5.75 Å². The van der Waals surface area contributed by atoms with E-state index in [9.17, 15) is 0 Å². The Kier molecular flexibility index (Phi) is 6.01. The van der Waals surface area contributed by atoms with Crippen LogP contribution in [0.4, 0.5) is 10.8 Å². The second-order valence-electron chi connectivity index (χ2n) is 7.63. The molecule has 0 aliphatic carbocycles. The molecule has 0 spiro atoms. The van der Waals surface area contributed by atoms with Gasteiger partial charge in [0.25, 0.3) is 0 Å². The number of hydrogen-bond donors (Lipinski definition) is 2. The van der Waals surface area contributed by atoms with E-state index in [1.54, 1.807) is 18.4 Å². The fraction of sp³-hybridized carbons (Fsp3) is 0.273. The van der Waals surface area contributed by atoms with E-state index < -0.39 is 0 Å². The molecule has 0 radical (unpaired) electrons. The zero-order valence-corrected chi connectivity index (χ0v) is 18.4. The summed E-state index contributed by atoms with van der Waals surface area (Å²) in [6.07, 6.45) is 0. The lowest BCUT2D eigenvalue weighted by atomic mass is 10.1. The Morgan fingerprint density at radius 1 is 1.11 bits per heavy atom. The second kappa shape index (κ2) is 8.29. The molecule has 0 saturated carbocycles. The molecule has 3 rings (SSSR count). The molecule has 0 aliphatic heterocycles. The highest BCUT2D eigenvalue weighted by atomic mass is 32.1. The van der Waals surface area contributed by atoms with Gasteiger partial charge in [-0.1, -0.05) is 59.4 Å². The van der Waals surface area contributed by atoms with Gasteiger partial charge in [-0.25, -0.2) is 4.98 Å². The van der Waals surface area contributed by atoms with E-state index in [-0.39, 0.29) is 5.54 Å². The maximum atomic E-state index is 5.63. The SMILES string of the molecule is COc1cccc(-c2nc(NC(=S)c3cccc(C)c3)c(NC(C)(C)C)s2)c1. The number of hydrogen-bond acceptors (Lipinski definition) is 5. The van der Waals surface area contributed by atoms with Gasteiger partial charge in [-0.3, -0.25) is 0 Å². The quantitative estimate of drug-likeness (QED) is 0.495. The van der Waals surface area contributed by atoms with Crippen LogP contribution in [0.15, 0.2) is 48.5 Å². The number of nitrogens with one attached hydrogen (secondary N) is 2. The van der Waals surface area contributed by atoms with E-state index in [1.807, 2.05) is 36.4 Å². The number of ether oxygens (including phenoxy) is 1. The lowest BCUT2D eigenvalue weighted by Crippen LogP contribution is -2.26. The zero-order valence-electron chi connectivity index (χ0n) is 16.8. The molecule has 6 heteroatoms. The minimum atomic E-state index is -0.0977. The second-order valence-corrected chi connectivity index (χ2v) is 9.03. The third-order valence-electron chi connectivity index (χ3n) is 3.94. The first-order chi connectivity index (χ1) is 13.2. The lowest BCUT2D eigenvalue weighted by molar-refractivity contribution is 0.415. The molecule has 0 saturated heterocycles. The molecule has 0 unspecified atom stereocenters. The first-order valence-corrected chi connectivity index (χ1v) is 10.3. The molecule has 146 valence electrons. The van der Waals surface area contributed by atoms with Crippen molar-refractivity contribution in [2.24, 2.45) is 0 Å². The Morgan fingerprint density at radius 3 is 2.54 bits per heavy atom. The zero-order chi connectivity index (χ0) is 20.3. The van der Waals surface area contributed by atoms with Crippen molar-refractivity contribution in [3.63, 3.8) is 0 Å². The summed E-state index contributed by atoms with van der Waals surface area (Å²) >= 11 is 7.23. The molecule has 28 heavy (non-hydrogen) atoms. The standard InChI is InChI=1S/C22H25N3OS2/c1-14-8-6-9-15(12-14)19(27)23-18-21(25-22(2,3)4)28-20(24-18)16-10-7-11-17(13-16)26-5/h6-13,25H,1-5H3,(H,23,27). The molecule has 0 amide bonds. The number of benzene rings is 2. The van der Waals surface area contributed by atoms with Crippen molar-refractivity contribution < 1.29 is 4.74 Å². The van der Waals surface area contributed by atoms with Gasteiger partial charge in [0.1, 0.15) is 20.7 Å². The van der Waals surface area contributed by atoms with Crippen LogP contribution >= 0.6 is 23.6 Å². The minimum absolute atomic E-state index is 0.0977. The van der Waals surface area contributed by atoms with E-state index in [4.69, 9.17) is 21.9 Å². The largest absolute Gasteiger partial charge is 0.497 e. The smallest absolute Gasteiger partial charge is 0.166 e. The van der Waals surface area contributed by atoms with E-state index in [0.717, 1.165) is 32.7 Å². The molecular weight excluding hydrogens is 386 g/mol. The lowest BCUT2D eigenvalue weighted by Gasteiger charge is -2.21. The maximum absolute atomic E-state index is 5.63. The molecule has 1 aromatic heterocycles. The van der Waals surface area contributed by atoms with Gasteiger partial charge in [0.15, 0.2) is 5.82 Å². The highest BCUT2D eigenvalue weighted by Crippen LogP contribution is 2.38. The summed E-state index contributed by atoms with van der Waals surface area (Å²) in [6, 6.07) is 16.1. The van der Waals surface area contributed by atoms with Crippen molar-refractivity contribution in [3.05, 3.63) is 59.7 Å². The van der Waals surface area contributed by atoms with E-state index in [0.29, 0.717) is 4.99 Å². The van der Waals surface area contributed by atoms with Crippen molar-refractivity contribution >= 4 is 39.4 Å². The van der Waals surface area contributed by atoms with Crippen LogP contribution in [-0.2, 0) is 0 Å². The third kappa shape index (κ3) is 5.09. The van der Waals surface area contributed by atoms with Crippen LogP contribution in [0.1, 0.15) is 31.9 Å². The van der Waals surface area contributed by atoms with Crippen LogP contribution in [0.2, 0.25) is 0 Å². The number of thiazole rings is 1. The normalized spacial score (nSPS) is 11.2. The highest BCUT2D eigenvalue weighted by Gasteiger charge is 2.19. The first-order valence-electron chi connectivity index (χ1n) is 9.06. The average Bonchev–Trinajstić information content (AvgIpc) is 3.02. The molecule has 2 N–H and O–H groups in total. The molecule has 0 atom stereocenters. The van der Waals surface area contributed by atoms with Gasteiger partial charge >= 0.3 is 0 Å². The van der Waals surface area contributed by atoms with Crippen LogP contribution in [0.3, 0.4) is 0 Å². The van der Waals surface area contributed by atoms with Gasteiger partial charge in [-0.05, 0) is 45.9 Å². The Balaban J connectivity index is 1.96. The van der Waals surface area contributed by atoms with E-state index >= 15 is 0 Å². The molecular formula is C22H25N3OS2. The summed E-state index contributed by atoms with van der Waals surface area (Å²) in [5, 5.41) is 8.73. The van der Waals surface area contributed by atoms with Crippen molar-refractivity contribution in [3.8, 4) is 16.3 Å². The monoisotopic (exact) mass is 411 g/mol. The molecule has 0 fully saturated rings.